The molecule has 0 radical (unpaired) electrons. The number of carbonyl (C=O) groups excluding carboxylic acids is 1. The second kappa shape index (κ2) is 6.37. The predicted octanol–water partition coefficient (Wildman–Crippen LogP) is 2.88. The van der Waals surface area contributed by atoms with Crippen molar-refractivity contribution in [2.75, 3.05) is 19.8 Å². The molecule has 2 aromatic rings. The molecule has 1 N–H and O–H groups in total. The maximum Gasteiger partial charge on any atom is 0.270 e. The van der Waals surface area contributed by atoms with Crippen molar-refractivity contribution in [3.05, 3.63) is 40.9 Å². The second-order valence-corrected chi connectivity index (χ2v) is 6.20. The zero-order valence-electron chi connectivity index (χ0n) is 12.0. The number of carbonyl (C=O) groups is 1. The molecule has 1 aromatic carbocycles. The van der Waals surface area contributed by atoms with E-state index in [-0.39, 0.29) is 5.91 Å². The standard InChI is InChI=1S/C16H18N2O2S/c1-11-2-4-13(5-3-11)16-18-14(10-21-16)15(19)17-8-12-6-7-20-9-12/h2-5,10,12H,6-9H2,1H3,(H,17,19). The summed E-state index contributed by atoms with van der Waals surface area (Å²) in [6.07, 6.45) is 1.02. The Morgan fingerprint density at radius 2 is 2.24 bits per heavy atom. The number of hydrogen-bond donors (Lipinski definition) is 1. The third kappa shape index (κ3) is 3.49. The average Bonchev–Trinajstić information content (AvgIpc) is 3.17. The quantitative estimate of drug-likeness (QED) is 0.945. The molecule has 4 nitrogen and oxygen atoms in total. The minimum Gasteiger partial charge on any atom is -0.381 e. The lowest BCUT2D eigenvalue weighted by Crippen LogP contribution is -2.29. The Morgan fingerprint density at radius 1 is 1.43 bits per heavy atom. The van der Waals surface area contributed by atoms with Crippen LogP contribution >= 0.6 is 11.3 Å². The molecule has 1 atom stereocenters. The predicted molar refractivity (Wildman–Crippen MR) is 83.5 cm³/mol. The maximum absolute atomic E-state index is 12.1. The minimum atomic E-state index is -0.100. The molecule has 1 fully saturated rings. The first kappa shape index (κ1) is 14.2. The molecule has 0 aliphatic carbocycles. The van der Waals surface area contributed by atoms with E-state index in [0.29, 0.717) is 18.2 Å². The fourth-order valence-corrected chi connectivity index (χ4v) is 3.08. The van der Waals surface area contributed by atoms with Gasteiger partial charge in [0.15, 0.2) is 0 Å². The Bertz CT molecular complexity index is 615. The minimum absolute atomic E-state index is 0.100. The first-order chi connectivity index (χ1) is 10.2. The van der Waals surface area contributed by atoms with Crippen LogP contribution in [0.3, 0.4) is 0 Å². The molecule has 1 aliphatic rings. The molecule has 1 aromatic heterocycles. The van der Waals surface area contributed by atoms with Crippen LogP contribution in [0.5, 0.6) is 0 Å². The van der Waals surface area contributed by atoms with Crippen LogP contribution in [0, 0.1) is 12.8 Å². The fraction of sp³-hybridized carbons (Fsp3) is 0.375. The molecule has 1 amide bonds. The van der Waals surface area contributed by atoms with Gasteiger partial charge in [-0.15, -0.1) is 11.3 Å². The zero-order valence-corrected chi connectivity index (χ0v) is 12.8. The summed E-state index contributed by atoms with van der Waals surface area (Å²) in [4.78, 5) is 16.5. The van der Waals surface area contributed by atoms with E-state index in [1.54, 1.807) is 0 Å². The Kier molecular flexibility index (Phi) is 4.31. The van der Waals surface area contributed by atoms with Crippen molar-refractivity contribution >= 4 is 17.2 Å². The SMILES string of the molecule is Cc1ccc(-c2nc(C(=O)NCC3CCOC3)cs2)cc1. The third-order valence-electron chi connectivity index (χ3n) is 3.61. The normalized spacial score (nSPS) is 17.9. The molecule has 0 spiro atoms. The van der Waals surface area contributed by atoms with Crippen molar-refractivity contribution in [2.24, 2.45) is 5.92 Å². The monoisotopic (exact) mass is 302 g/mol. The molecule has 5 heteroatoms. The Balaban J connectivity index is 1.63. The topological polar surface area (TPSA) is 51.2 Å². The smallest absolute Gasteiger partial charge is 0.270 e. The number of thiazole rings is 1. The highest BCUT2D eigenvalue weighted by Crippen LogP contribution is 2.24. The van der Waals surface area contributed by atoms with E-state index < -0.39 is 0 Å². The number of aromatic nitrogens is 1. The van der Waals surface area contributed by atoms with Crippen LogP contribution in [-0.2, 0) is 4.74 Å². The summed E-state index contributed by atoms with van der Waals surface area (Å²) in [5, 5.41) is 5.63. The van der Waals surface area contributed by atoms with Gasteiger partial charge in [0.25, 0.3) is 5.91 Å². The van der Waals surface area contributed by atoms with Crippen molar-refractivity contribution < 1.29 is 9.53 Å². The van der Waals surface area contributed by atoms with Crippen molar-refractivity contribution in [3.8, 4) is 10.6 Å². The summed E-state index contributed by atoms with van der Waals surface area (Å²) in [6.45, 7) is 4.26. The van der Waals surface area contributed by atoms with E-state index in [9.17, 15) is 4.79 Å². The number of benzene rings is 1. The Labute approximate surface area is 128 Å². The molecule has 0 saturated carbocycles. The molecular formula is C16H18N2O2S. The Hall–Kier alpha value is -1.72. The van der Waals surface area contributed by atoms with Gasteiger partial charge in [0.1, 0.15) is 10.7 Å². The van der Waals surface area contributed by atoms with Gasteiger partial charge in [0, 0.05) is 30.0 Å². The van der Waals surface area contributed by atoms with Gasteiger partial charge in [-0.05, 0) is 13.3 Å². The molecule has 0 bridgehead atoms. The van der Waals surface area contributed by atoms with Crippen molar-refractivity contribution in [3.63, 3.8) is 0 Å². The molecule has 2 heterocycles. The molecule has 1 aliphatic heterocycles. The van der Waals surface area contributed by atoms with Gasteiger partial charge < -0.3 is 10.1 Å². The van der Waals surface area contributed by atoms with Gasteiger partial charge in [-0.25, -0.2) is 4.98 Å². The molecule has 1 saturated heterocycles. The number of nitrogens with one attached hydrogen (secondary N) is 1. The molecule has 110 valence electrons. The summed E-state index contributed by atoms with van der Waals surface area (Å²) < 4.78 is 5.30. The zero-order chi connectivity index (χ0) is 14.7. The lowest BCUT2D eigenvalue weighted by Gasteiger charge is -2.07. The van der Waals surface area contributed by atoms with Gasteiger partial charge >= 0.3 is 0 Å². The number of ether oxygens (including phenoxy) is 1. The highest BCUT2D eigenvalue weighted by Gasteiger charge is 2.18. The van der Waals surface area contributed by atoms with E-state index in [2.05, 4.69) is 29.4 Å². The van der Waals surface area contributed by atoms with Crippen molar-refractivity contribution in [1.29, 1.82) is 0 Å². The fourth-order valence-electron chi connectivity index (χ4n) is 2.28. The summed E-state index contributed by atoms with van der Waals surface area (Å²) in [7, 11) is 0. The van der Waals surface area contributed by atoms with E-state index in [0.717, 1.165) is 30.2 Å². The van der Waals surface area contributed by atoms with E-state index in [4.69, 9.17) is 4.74 Å². The molecular weight excluding hydrogens is 284 g/mol. The highest BCUT2D eigenvalue weighted by atomic mass is 32.1. The van der Waals surface area contributed by atoms with Crippen LogP contribution < -0.4 is 5.32 Å². The van der Waals surface area contributed by atoms with Crippen LogP contribution in [0.2, 0.25) is 0 Å². The number of nitrogens with zero attached hydrogens (tertiary/aromatic N) is 1. The van der Waals surface area contributed by atoms with Crippen LogP contribution in [0.4, 0.5) is 0 Å². The molecule has 21 heavy (non-hydrogen) atoms. The van der Waals surface area contributed by atoms with E-state index in [1.807, 2.05) is 17.5 Å². The van der Waals surface area contributed by atoms with Gasteiger partial charge in [-0.2, -0.15) is 0 Å². The van der Waals surface area contributed by atoms with Crippen LogP contribution in [0.15, 0.2) is 29.6 Å². The number of hydrogen-bond acceptors (Lipinski definition) is 4. The van der Waals surface area contributed by atoms with Gasteiger partial charge in [-0.1, -0.05) is 29.8 Å². The summed E-state index contributed by atoms with van der Waals surface area (Å²) >= 11 is 1.50. The summed E-state index contributed by atoms with van der Waals surface area (Å²) in [6, 6.07) is 8.17. The first-order valence-corrected chi connectivity index (χ1v) is 7.99. The summed E-state index contributed by atoms with van der Waals surface area (Å²) in [5.74, 6) is 0.334. The summed E-state index contributed by atoms with van der Waals surface area (Å²) in [5.41, 5.74) is 2.76. The largest absolute Gasteiger partial charge is 0.381 e. The van der Waals surface area contributed by atoms with Crippen LogP contribution in [-0.4, -0.2) is 30.6 Å². The van der Waals surface area contributed by atoms with E-state index in [1.165, 1.54) is 16.9 Å². The lowest BCUT2D eigenvalue weighted by atomic mass is 10.1. The number of amides is 1. The first-order valence-electron chi connectivity index (χ1n) is 7.11. The van der Waals surface area contributed by atoms with E-state index >= 15 is 0 Å². The van der Waals surface area contributed by atoms with Gasteiger partial charge in [0.05, 0.1) is 6.61 Å². The van der Waals surface area contributed by atoms with Gasteiger partial charge in [0.2, 0.25) is 0 Å². The van der Waals surface area contributed by atoms with Gasteiger partial charge in [-0.3, -0.25) is 4.79 Å². The van der Waals surface area contributed by atoms with Crippen molar-refractivity contribution in [1.82, 2.24) is 10.3 Å². The van der Waals surface area contributed by atoms with Crippen LogP contribution in [0.25, 0.3) is 10.6 Å². The highest BCUT2D eigenvalue weighted by molar-refractivity contribution is 7.13. The second-order valence-electron chi connectivity index (χ2n) is 5.34. The Morgan fingerprint density at radius 3 is 2.95 bits per heavy atom. The average molecular weight is 302 g/mol. The number of rotatable bonds is 4. The number of aryl methyl sites for hydroxylation is 1. The van der Waals surface area contributed by atoms with Crippen LogP contribution in [0.1, 0.15) is 22.5 Å². The lowest BCUT2D eigenvalue weighted by molar-refractivity contribution is 0.0941. The van der Waals surface area contributed by atoms with Crippen molar-refractivity contribution in [2.45, 2.75) is 13.3 Å². The maximum atomic E-state index is 12.1. The third-order valence-corrected chi connectivity index (χ3v) is 4.50. The molecule has 3 rings (SSSR count). The molecule has 1 unspecified atom stereocenters.